The van der Waals surface area contributed by atoms with Gasteiger partial charge in [0.25, 0.3) is 0 Å². The predicted octanol–water partition coefficient (Wildman–Crippen LogP) is 3.08. The zero-order valence-electron chi connectivity index (χ0n) is 12.2. The molecule has 1 saturated heterocycles. The van der Waals surface area contributed by atoms with Crippen molar-refractivity contribution >= 4 is 11.7 Å². The van der Waals surface area contributed by atoms with Gasteiger partial charge in [0, 0.05) is 24.9 Å². The van der Waals surface area contributed by atoms with Crippen molar-refractivity contribution < 1.29 is 13.9 Å². The third kappa shape index (κ3) is 3.02. The highest BCUT2D eigenvalue weighted by atomic mass is 19.1. The van der Waals surface area contributed by atoms with Crippen molar-refractivity contribution in [2.24, 2.45) is 5.41 Å². The highest BCUT2D eigenvalue weighted by Gasteiger charge is 2.55. The summed E-state index contributed by atoms with van der Waals surface area (Å²) >= 11 is 0. The largest absolute Gasteiger partial charge is 0.381 e. The Balaban J connectivity index is 1.54. The molecule has 2 fully saturated rings. The number of urea groups is 1. The summed E-state index contributed by atoms with van der Waals surface area (Å²) in [5.74, 6) is -0.275. The summed E-state index contributed by atoms with van der Waals surface area (Å²) in [5.41, 5.74) is 1.39. The van der Waals surface area contributed by atoms with Crippen LogP contribution in [0.4, 0.5) is 14.9 Å². The van der Waals surface area contributed by atoms with E-state index < -0.39 is 0 Å². The number of anilines is 1. The lowest BCUT2D eigenvalue weighted by molar-refractivity contribution is 0.0548. The lowest BCUT2D eigenvalue weighted by atomic mass is 9.96. The normalized spacial score (nSPS) is 22.9. The van der Waals surface area contributed by atoms with E-state index in [4.69, 9.17) is 4.74 Å². The van der Waals surface area contributed by atoms with Crippen LogP contribution in [0.1, 0.15) is 31.7 Å². The molecule has 2 amide bonds. The van der Waals surface area contributed by atoms with Crippen molar-refractivity contribution in [2.45, 2.75) is 38.6 Å². The summed E-state index contributed by atoms with van der Waals surface area (Å²) in [7, 11) is 0. The van der Waals surface area contributed by atoms with Crippen LogP contribution >= 0.6 is 0 Å². The van der Waals surface area contributed by atoms with Gasteiger partial charge >= 0.3 is 6.03 Å². The minimum absolute atomic E-state index is 0.223. The quantitative estimate of drug-likeness (QED) is 0.899. The molecular weight excluding hydrogens is 271 g/mol. The topological polar surface area (TPSA) is 50.4 Å². The Morgan fingerprint density at radius 1 is 1.43 bits per heavy atom. The molecule has 1 aromatic carbocycles. The van der Waals surface area contributed by atoms with Crippen LogP contribution in [-0.4, -0.2) is 25.3 Å². The van der Waals surface area contributed by atoms with Crippen LogP contribution in [0.5, 0.6) is 0 Å². The van der Waals surface area contributed by atoms with Crippen LogP contribution in [0.3, 0.4) is 0 Å². The van der Waals surface area contributed by atoms with E-state index in [2.05, 4.69) is 10.6 Å². The number of rotatable bonds is 3. The minimum atomic E-state index is -0.275. The third-order valence-corrected chi connectivity index (χ3v) is 4.68. The number of nitrogens with one attached hydrogen (secondary N) is 2. The minimum Gasteiger partial charge on any atom is -0.381 e. The molecule has 0 radical (unpaired) electrons. The molecule has 1 atom stereocenters. The van der Waals surface area contributed by atoms with Crippen LogP contribution in [-0.2, 0) is 11.2 Å². The highest BCUT2D eigenvalue weighted by molar-refractivity contribution is 5.89. The number of benzene rings is 1. The summed E-state index contributed by atoms with van der Waals surface area (Å²) in [5, 5.41) is 5.69. The number of aryl methyl sites for hydroxylation is 1. The maximum atomic E-state index is 13.7. The molecule has 114 valence electrons. The van der Waals surface area contributed by atoms with E-state index in [0.717, 1.165) is 32.5 Å². The van der Waals surface area contributed by atoms with Crippen LogP contribution in [0, 0.1) is 11.2 Å². The number of hydrogen-bond acceptors (Lipinski definition) is 2. The molecule has 2 aliphatic rings. The third-order valence-electron chi connectivity index (χ3n) is 4.68. The van der Waals surface area contributed by atoms with Crippen molar-refractivity contribution in [1.29, 1.82) is 0 Å². The number of halogens is 1. The molecule has 0 bridgehead atoms. The lowest BCUT2D eigenvalue weighted by Gasteiger charge is -2.22. The van der Waals surface area contributed by atoms with Crippen molar-refractivity contribution in [2.75, 3.05) is 18.5 Å². The summed E-state index contributed by atoms with van der Waals surface area (Å²) < 4.78 is 19.0. The van der Waals surface area contributed by atoms with E-state index in [0.29, 0.717) is 17.7 Å². The number of carbonyl (C=O) groups excluding carboxylic acids is 1. The molecule has 1 spiro atoms. The Hall–Kier alpha value is -1.62. The van der Waals surface area contributed by atoms with Crippen molar-refractivity contribution in [3.63, 3.8) is 0 Å². The Morgan fingerprint density at radius 3 is 2.86 bits per heavy atom. The maximum absolute atomic E-state index is 13.7. The average molecular weight is 292 g/mol. The Bertz CT molecular complexity index is 541. The van der Waals surface area contributed by atoms with E-state index in [1.165, 1.54) is 6.07 Å². The fraction of sp³-hybridized carbons (Fsp3) is 0.562. The van der Waals surface area contributed by atoms with E-state index in [-0.39, 0.29) is 23.3 Å². The molecule has 3 rings (SSSR count). The Labute approximate surface area is 124 Å². The zero-order valence-corrected chi connectivity index (χ0v) is 12.2. The van der Waals surface area contributed by atoms with Gasteiger partial charge in [-0.1, -0.05) is 13.0 Å². The molecule has 4 nitrogen and oxygen atoms in total. The summed E-state index contributed by atoms with van der Waals surface area (Å²) in [6.07, 6.45) is 3.69. The molecule has 1 aliphatic carbocycles. The van der Waals surface area contributed by atoms with E-state index in [1.54, 1.807) is 12.1 Å². The first-order chi connectivity index (χ1) is 10.1. The van der Waals surface area contributed by atoms with Gasteiger partial charge in [0.05, 0.1) is 0 Å². The van der Waals surface area contributed by atoms with E-state index in [9.17, 15) is 9.18 Å². The number of hydrogen-bond donors (Lipinski definition) is 2. The first-order valence-electron chi connectivity index (χ1n) is 7.57. The van der Waals surface area contributed by atoms with Gasteiger partial charge in [0.15, 0.2) is 0 Å². The standard InChI is InChI=1S/C16H21FN2O2/c1-2-11-3-4-12(9-13(11)17)18-15(20)19-14-10-16(14)5-7-21-8-6-16/h3-4,9,14H,2,5-8,10H2,1H3,(H2,18,19,20). The van der Waals surface area contributed by atoms with Crippen LogP contribution in [0.2, 0.25) is 0 Å². The van der Waals surface area contributed by atoms with Crippen LogP contribution in [0.25, 0.3) is 0 Å². The molecule has 1 aromatic rings. The summed E-state index contributed by atoms with van der Waals surface area (Å²) in [6, 6.07) is 4.78. The fourth-order valence-corrected chi connectivity index (χ4v) is 3.12. The van der Waals surface area contributed by atoms with Gasteiger partial charge in [-0.3, -0.25) is 0 Å². The van der Waals surface area contributed by atoms with Crippen molar-refractivity contribution in [3.05, 3.63) is 29.6 Å². The lowest BCUT2D eigenvalue weighted by Crippen LogP contribution is -2.35. The maximum Gasteiger partial charge on any atom is 0.319 e. The molecule has 21 heavy (non-hydrogen) atoms. The second-order valence-electron chi connectivity index (χ2n) is 5.99. The van der Waals surface area contributed by atoms with Crippen LogP contribution < -0.4 is 10.6 Å². The van der Waals surface area contributed by atoms with E-state index in [1.807, 2.05) is 6.92 Å². The molecule has 1 aliphatic heterocycles. The van der Waals surface area contributed by atoms with Gasteiger partial charge in [-0.25, -0.2) is 9.18 Å². The van der Waals surface area contributed by atoms with Gasteiger partial charge < -0.3 is 15.4 Å². The summed E-state index contributed by atoms with van der Waals surface area (Å²) in [6.45, 7) is 3.46. The molecule has 2 N–H and O–H groups in total. The summed E-state index contributed by atoms with van der Waals surface area (Å²) in [4.78, 5) is 12.0. The van der Waals surface area contributed by atoms with Gasteiger partial charge in [-0.2, -0.15) is 0 Å². The van der Waals surface area contributed by atoms with Gasteiger partial charge in [0.2, 0.25) is 0 Å². The zero-order chi connectivity index (χ0) is 14.9. The van der Waals surface area contributed by atoms with Gasteiger partial charge in [-0.15, -0.1) is 0 Å². The van der Waals surface area contributed by atoms with E-state index >= 15 is 0 Å². The molecule has 0 aromatic heterocycles. The molecule has 1 saturated carbocycles. The molecule has 1 heterocycles. The molecule has 5 heteroatoms. The molecule has 1 unspecified atom stereocenters. The monoisotopic (exact) mass is 292 g/mol. The first kappa shape index (κ1) is 14.3. The van der Waals surface area contributed by atoms with Crippen molar-refractivity contribution in [1.82, 2.24) is 5.32 Å². The number of carbonyl (C=O) groups is 1. The Morgan fingerprint density at radius 2 is 2.19 bits per heavy atom. The SMILES string of the molecule is CCc1ccc(NC(=O)NC2CC23CCOCC3)cc1F. The molecular formula is C16H21FN2O2. The van der Waals surface area contributed by atoms with Gasteiger partial charge in [-0.05, 0) is 48.8 Å². The second-order valence-corrected chi connectivity index (χ2v) is 5.99. The van der Waals surface area contributed by atoms with Crippen LogP contribution in [0.15, 0.2) is 18.2 Å². The number of ether oxygens (including phenoxy) is 1. The predicted molar refractivity (Wildman–Crippen MR) is 78.8 cm³/mol. The first-order valence-corrected chi connectivity index (χ1v) is 7.57. The van der Waals surface area contributed by atoms with Crippen molar-refractivity contribution in [3.8, 4) is 0 Å². The Kier molecular flexibility index (Phi) is 3.85. The average Bonchev–Trinajstić information content (AvgIpc) is 3.10. The number of amides is 2. The fourth-order valence-electron chi connectivity index (χ4n) is 3.12. The highest BCUT2D eigenvalue weighted by Crippen LogP contribution is 2.53. The smallest absolute Gasteiger partial charge is 0.319 e. The second kappa shape index (κ2) is 5.64. The van der Waals surface area contributed by atoms with Gasteiger partial charge in [0.1, 0.15) is 5.82 Å².